The summed E-state index contributed by atoms with van der Waals surface area (Å²) < 4.78 is 2.95. The van der Waals surface area contributed by atoms with Gasteiger partial charge in [-0.2, -0.15) is 0 Å². The predicted octanol–water partition coefficient (Wildman–Crippen LogP) is 3.77. The van der Waals surface area contributed by atoms with Crippen molar-refractivity contribution in [1.29, 1.82) is 0 Å². The third-order valence-corrected chi connectivity index (χ3v) is 3.57. The third kappa shape index (κ3) is 1.80. The van der Waals surface area contributed by atoms with Gasteiger partial charge in [0.1, 0.15) is 4.60 Å². The van der Waals surface area contributed by atoms with Gasteiger partial charge in [-0.05, 0) is 59.5 Å². The first kappa shape index (κ1) is 11.4. The van der Waals surface area contributed by atoms with E-state index in [2.05, 4.69) is 53.8 Å². The van der Waals surface area contributed by atoms with Gasteiger partial charge in [0, 0.05) is 12.6 Å². The van der Waals surface area contributed by atoms with E-state index < -0.39 is 0 Å². The maximum atomic E-state index is 4.27. The second-order valence-corrected chi connectivity index (χ2v) is 5.00. The van der Waals surface area contributed by atoms with Crippen molar-refractivity contribution in [1.82, 2.24) is 9.55 Å². The molecule has 0 aliphatic rings. The molecule has 1 aromatic carbocycles. The fourth-order valence-corrected chi connectivity index (χ4v) is 2.50. The summed E-state index contributed by atoms with van der Waals surface area (Å²) in [7, 11) is 2.02. The molecule has 0 spiro atoms. The lowest BCUT2D eigenvalue weighted by atomic mass is 9.99. The minimum atomic E-state index is 0.904. The van der Waals surface area contributed by atoms with Crippen LogP contribution in [-0.4, -0.2) is 9.55 Å². The lowest BCUT2D eigenvalue weighted by molar-refractivity contribution is 0.920. The van der Waals surface area contributed by atoms with E-state index in [0.717, 1.165) is 10.3 Å². The summed E-state index contributed by atoms with van der Waals surface area (Å²) in [6.45, 7) is 6.42. The first-order chi connectivity index (χ1) is 7.50. The summed E-state index contributed by atoms with van der Waals surface area (Å²) in [4.78, 5) is 4.27. The van der Waals surface area contributed by atoms with Crippen LogP contribution < -0.4 is 0 Å². The van der Waals surface area contributed by atoms with Crippen molar-refractivity contribution in [3.8, 4) is 11.3 Å². The fraction of sp³-hybridized carbons (Fsp3) is 0.308. The molecule has 84 valence electrons. The number of imidazole rings is 1. The van der Waals surface area contributed by atoms with Crippen molar-refractivity contribution in [3.63, 3.8) is 0 Å². The maximum Gasteiger partial charge on any atom is 0.132 e. The van der Waals surface area contributed by atoms with Gasteiger partial charge in [0.25, 0.3) is 0 Å². The molecule has 0 saturated heterocycles. The standard InChI is InChI=1S/C13H15BrN2/c1-8-5-10(3)11(6-9(8)2)12-13(14)15-7-16(12)4/h5-7H,1-4H3. The van der Waals surface area contributed by atoms with Crippen molar-refractivity contribution >= 4 is 15.9 Å². The fourth-order valence-electron chi connectivity index (χ4n) is 1.92. The molecule has 0 aliphatic heterocycles. The molecule has 2 rings (SSSR count). The van der Waals surface area contributed by atoms with Crippen LogP contribution in [-0.2, 0) is 7.05 Å². The highest BCUT2D eigenvalue weighted by Gasteiger charge is 2.12. The zero-order valence-electron chi connectivity index (χ0n) is 10.0. The third-order valence-electron chi connectivity index (χ3n) is 2.99. The van der Waals surface area contributed by atoms with Gasteiger partial charge in [-0.15, -0.1) is 0 Å². The van der Waals surface area contributed by atoms with E-state index >= 15 is 0 Å². The van der Waals surface area contributed by atoms with Gasteiger partial charge in [0.2, 0.25) is 0 Å². The van der Waals surface area contributed by atoms with Crippen LogP contribution >= 0.6 is 15.9 Å². The predicted molar refractivity (Wildman–Crippen MR) is 70.6 cm³/mol. The van der Waals surface area contributed by atoms with Crippen LogP contribution in [0.15, 0.2) is 23.1 Å². The molecule has 0 aliphatic carbocycles. The van der Waals surface area contributed by atoms with Crippen molar-refractivity contribution in [2.24, 2.45) is 7.05 Å². The summed E-state index contributed by atoms with van der Waals surface area (Å²) in [6, 6.07) is 4.45. The van der Waals surface area contributed by atoms with Crippen LogP contribution in [0.25, 0.3) is 11.3 Å². The zero-order chi connectivity index (χ0) is 11.9. The number of aromatic nitrogens is 2. The number of hydrogen-bond acceptors (Lipinski definition) is 1. The number of aryl methyl sites for hydroxylation is 4. The molecular formula is C13H15BrN2. The SMILES string of the molecule is Cc1cc(C)c(-c2c(Br)ncn2C)cc1C. The van der Waals surface area contributed by atoms with Crippen molar-refractivity contribution in [2.45, 2.75) is 20.8 Å². The molecule has 0 saturated carbocycles. The van der Waals surface area contributed by atoms with Crippen LogP contribution in [0.3, 0.4) is 0 Å². The second-order valence-electron chi connectivity index (χ2n) is 4.25. The largest absolute Gasteiger partial charge is 0.333 e. The van der Waals surface area contributed by atoms with E-state index in [4.69, 9.17) is 0 Å². The molecule has 0 N–H and O–H groups in total. The average Bonchev–Trinajstić information content (AvgIpc) is 2.53. The van der Waals surface area contributed by atoms with Gasteiger partial charge in [0.05, 0.1) is 12.0 Å². The topological polar surface area (TPSA) is 17.8 Å². The number of benzene rings is 1. The maximum absolute atomic E-state index is 4.27. The first-order valence-electron chi connectivity index (χ1n) is 5.25. The Morgan fingerprint density at radius 2 is 1.69 bits per heavy atom. The van der Waals surface area contributed by atoms with E-state index in [1.165, 1.54) is 22.3 Å². The normalized spacial score (nSPS) is 10.8. The number of halogens is 1. The Kier molecular flexibility index (Phi) is 2.89. The van der Waals surface area contributed by atoms with E-state index in [-0.39, 0.29) is 0 Å². The highest BCUT2D eigenvalue weighted by molar-refractivity contribution is 9.10. The minimum Gasteiger partial charge on any atom is -0.333 e. The van der Waals surface area contributed by atoms with Gasteiger partial charge in [0.15, 0.2) is 0 Å². The van der Waals surface area contributed by atoms with Crippen LogP contribution in [0.4, 0.5) is 0 Å². The van der Waals surface area contributed by atoms with Gasteiger partial charge >= 0.3 is 0 Å². The summed E-state index contributed by atoms with van der Waals surface area (Å²) in [5.74, 6) is 0. The Balaban J connectivity index is 2.69. The van der Waals surface area contributed by atoms with Crippen LogP contribution in [0.5, 0.6) is 0 Å². The van der Waals surface area contributed by atoms with Crippen LogP contribution in [0.2, 0.25) is 0 Å². The lowest BCUT2D eigenvalue weighted by Crippen LogP contribution is -1.94. The molecule has 0 fully saturated rings. The van der Waals surface area contributed by atoms with E-state index in [1.54, 1.807) is 0 Å². The molecule has 0 atom stereocenters. The quantitative estimate of drug-likeness (QED) is 0.777. The smallest absolute Gasteiger partial charge is 0.132 e. The molecule has 3 heteroatoms. The monoisotopic (exact) mass is 278 g/mol. The average molecular weight is 279 g/mol. The van der Waals surface area contributed by atoms with E-state index in [0.29, 0.717) is 0 Å². The zero-order valence-corrected chi connectivity index (χ0v) is 11.6. The lowest BCUT2D eigenvalue weighted by Gasteiger charge is -2.10. The summed E-state index contributed by atoms with van der Waals surface area (Å²) in [6.07, 6.45) is 1.83. The van der Waals surface area contributed by atoms with E-state index in [9.17, 15) is 0 Å². The van der Waals surface area contributed by atoms with Crippen LogP contribution in [0, 0.1) is 20.8 Å². The molecule has 0 unspecified atom stereocenters. The Labute approximate surface area is 104 Å². The molecule has 0 radical (unpaired) electrons. The Hall–Kier alpha value is -1.09. The highest BCUT2D eigenvalue weighted by Crippen LogP contribution is 2.31. The second kappa shape index (κ2) is 4.06. The first-order valence-corrected chi connectivity index (χ1v) is 6.05. The van der Waals surface area contributed by atoms with E-state index in [1.807, 2.05) is 17.9 Å². The van der Waals surface area contributed by atoms with Crippen LogP contribution in [0.1, 0.15) is 16.7 Å². The van der Waals surface area contributed by atoms with Crippen molar-refractivity contribution < 1.29 is 0 Å². The Morgan fingerprint density at radius 1 is 1.06 bits per heavy atom. The summed E-state index contributed by atoms with van der Waals surface area (Å²) in [5.41, 5.74) is 6.32. The minimum absolute atomic E-state index is 0.904. The molecule has 1 aromatic heterocycles. The van der Waals surface area contributed by atoms with Crippen molar-refractivity contribution in [3.05, 3.63) is 39.8 Å². The van der Waals surface area contributed by atoms with Gasteiger partial charge < -0.3 is 4.57 Å². The Morgan fingerprint density at radius 3 is 2.25 bits per heavy atom. The highest BCUT2D eigenvalue weighted by atomic mass is 79.9. The van der Waals surface area contributed by atoms with Crippen molar-refractivity contribution in [2.75, 3.05) is 0 Å². The number of nitrogens with zero attached hydrogens (tertiary/aromatic N) is 2. The van der Waals surface area contributed by atoms with Gasteiger partial charge in [-0.1, -0.05) is 6.07 Å². The van der Waals surface area contributed by atoms with Gasteiger partial charge in [-0.3, -0.25) is 0 Å². The Bertz CT molecular complexity index is 522. The molecule has 0 amide bonds. The molecule has 2 nitrogen and oxygen atoms in total. The summed E-state index contributed by atoms with van der Waals surface area (Å²) in [5, 5.41) is 0. The molecule has 16 heavy (non-hydrogen) atoms. The molecular weight excluding hydrogens is 264 g/mol. The number of rotatable bonds is 1. The number of hydrogen-bond donors (Lipinski definition) is 0. The van der Waals surface area contributed by atoms with Gasteiger partial charge in [-0.25, -0.2) is 4.98 Å². The molecule has 0 bridgehead atoms. The summed E-state index contributed by atoms with van der Waals surface area (Å²) >= 11 is 3.50. The molecule has 2 aromatic rings. The molecule has 1 heterocycles.